The molecule has 0 spiro atoms. The van der Waals surface area contributed by atoms with Crippen LogP contribution < -0.4 is 5.32 Å². The van der Waals surface area contributed by atoms with Gasteiger partial charge >= 0.3 is 5.97 Å². The van der Waals surface area contributed by atoms with E-state index < -0.39 is 11.5 Å². The van der Waals surface area contributed by atoms with Crippen molar-refractivity contribution < 1.29 is 19.1 Å². The largest absolute Gasteiger partial charge is 0.467 e. The van der Waals surface area contributed by atoms with Crippen molar-refractivity contribution in [2.45, 2.75) is 57.6 Å². The fourth-order valence-corrected chi connectivity index (χ4v) is 3.91. The van der Waals surface area contributed by atoms with Gasteiger partial charge in [0.15, 0.2) is 0 Å². The van der Waals surface area contributed by atoms with Crippen molar-refractivity contribution in [1.29, 1.82) is 0 Å². The molecule has 1 aliphatic rings. The minimum absolute atomic E-state index is 0.0942. The van der Waals surface area contributed by atoms with Crippen molar-refractivity contribution in [3.63, 3.8) is 0 Å². The molecule has 2 rings (SSSR count). The number of nitrogens with one attached hydrogen (secondary N) is 1. The highest BCUT2D eigenvalue weighted by Crippen LogP contribution is 2.31. The van der Waals surface area contributed by atoms with Gasteiger partial charge in [-0.1, -0.05) is 17.5 Å². The molecule has 0 aromatic heterocycles. The second-order valence-corrected chi connectivity index (χ2v) is 7.27. The number of rotatable bonds is 5. The van der Waals surface area contributed by atoms with Gasteiger partial charge in [0, 0.05) is 17.7 Å². The summed E-state index contributed by atoms with van der Waals surface area (Å²) < 4.78 is 10.3. The van der Waals surface area contributed by atoms with Crippen molar-refractivity contribution in [2.75, 3.05) is 14.2 Å². The molecule has 1 N–H and O–H groups in total. The summed E-state index contributed by atoms with van der Waals surface area (Å²) in [5.41, 5.74) is 1.44. The first-order valence-electron chi connectivity index (χ1n) is 8.99. The van der Waals surface area contributed by atoms with Crippen LogP contribution in [0.1, 0.15) is 49.3 Å². The summed E-state index contributed by atoms with van der Waals surface area (Å²) in [4.78, 5) is 25.1. The molecule has 0 atom stereocenters. The number of hydrogen-bond donors (Lipinski definition) is 1. The molecule has 0 radical (unpaired) electrons. The Labute approximate surface area is 165 Å². The highest BCUT2D eigenvalue weighted by atomic mass is 35.5. The maximum absolute atomic E-state index is 12.7. The molecule has 1 aromatic carbocycles. The molecule has 6 heteroatoms. The first kappa shape index (κ1) is 21.3. The predicted octanol–water partition coefficient (Wildman–Crippen LogP) is 3.18. The van der Waals surface area contributed by atoms with Gasteiger partial charge in [-0.05, 0) is 62.8 Å². The van der Waals surface area contributed by atoms with Crippen LogP contribution in [0, 0.1) is 18.8 Å². The maximum Gasteiger partial charge on any atom is 0.331 e. The van der Waals surface area contributed by atoms with E-state index in [0.717, 1.165) is 16.7 Å². The molecule has 0 aliphatic heterocycles. The number of carbonyl (C=O) groups excluding carboxylic acids is 2. The van der Waals surface area contributed by atoms with Crippen LogP contribution in [0.25, 0.3) is 0 Å². The van der Waals surface area contributed by atoms with Crippen molar-refractivity contribution in [1.82, 2.24) is 5.32 Å². The summed E-state index contributed by atoms with van der Waals surface area (Å²) in [6.45, 7) is 3.66. The quantitative estimate of drug-likeness (QED) is 0.618. The Bertz CT molecular complexity index is 747. The molecule has 1 amide bonds. The Morgan fingerprint density at radius 1 is 1.30 bits per heavy atom. The van der Waals surface area contributed by atoms with Crippen LogP contribution in [0.4, 0.5) is 0 Å². The van der Waals surface area contributed by atoms with Gasteiger partial charge in [0.1, 0.15) is 5.54 Å². The lowest BCUT2D eigenvalue weighted by Crippen LogP contribution is -2.57. The van der Waals surface area contributed by atoms with Gasteiger partial charge in [0.2, 0.25) is 5.91 Å². The number of carbonyl (C=O) groups is 2. The van der Waals surface area contributed by atoms with E-state index in [0.29, 0.717) is 30.7 Å². The van der Waals surface area contributed by atoms with E-state index in [4.69, 9.17) is 21.1 Å². The van der Waals surface area contributed by atoms with Gasteiger partial charge in [-0.15, -0.1) is 5.92 Å². The lowest BCUT2D eigenvalue weighted by Gasteiger charge is -2.38. The van der Waals surface area contributed by atoms with Gasteiger partial charge in [-0.2, -0.15) is 0 Å². The molecular formula is C21H26ClNO4. The predicted molar refractivity (Wildman–Crippen MR) is 105 cm³/mol. The van der Waals surface area contributed by atoms with E-state index in [1.54, 1.807) is 20.1 Å². The normalized spacial score (nSPS) is 21.7. The molecule has 1 aliphatic carbocycles. The standard InChI is InChI=1S/C21H26ClNO4/c1-5-6-15-11-14(2)17(18(22)12-15)13-19(24)23-21(20(25)27-4)9-7-16(26-3)8-10-21/h11-12,16H,7-10,13H2,1-4H3,(H,23,24). The van der Waals surface area contributed by atoms with Crippen LogP contribution in [-0.4, -0.2) is 37.7 Å². The van der Waals surface area contributed by atoms with Gasteiger partial charge < -0.3 is 14.8 Å². The third-order valence-electron chi connectivity index (χ3n) is 5.10. The number of ether oxygens (including phenoxy) is 2. The van der Waals surface area contributed by atoms with E-state index in [-0.39, 0.29) is 18.4 Å². The van der Waals surface area contributed by atoms with E-state index in [9.17, 15) is 9.59 Å². The fraction of sp³-hybridized carbons (Fsp3) is 0.524. The Hall–Kier alpha value is -2.03. The Balaban J connectivity index is 2.17. The lowest BCUT2D eigenvalue weighted by atomic mass is 9.80. The number of benzene rings is 1. The molecule has 0 unspecified atom stereocenters. The van der Waals surface area contributed by atoms with Crippen molar-refractivity contribution >= 4 is 23.5 Å². The number of halogens is 1. The lowest BCUT2D eigenvalue weighted by molar-refractivity contribution is -0.153. The number of aryl methyl sites for hydroxylation is 1. The van der Waals surface area contributed by atoms with Gasteiger partial charge in [0.25, 0.3) is 0 Å². The Morgan fingerprint density at radius 2 is 1.96 bits per heavy atom. The molecule has 0 bridgehead atoms. The number of methoxy groups -OCH3 is 2. The molecule has 0 saturated heterocycles. The molecule has 1 aromatic rings. The van der Waals surface area contributed by atoms with E-state index >= 15 is 0 Å². The zero-order valence-electron chi connectivity index (χ0n) is 16.3. The minimum atomic E-state index is -1.01. The maximum atomic E-state index is 12.7. The SMILES string of the molecule is CC#Cc1cc(C)c(CC(=O)NC2(C(=O)OC)CCC(OC)CC2)c(Cl)c1. The van der Waals surface area contributed by atoms with Crippen molar-refractivity contribution in [3.8, 4) is 11.8 Å². The second kappa shape index (κ2) is 9.25. The summed E-state index contributed by atoms with van der Waals surface area (Å²) in [5, 5.41) is 3.41. The van der Waals surface area contributed by atoms with Crippen LogP contribution in [-0.2, 0) is 25.5 Å². The Morgan fingerprint density at radius 3 is 2.48 bits per heavy atom. The average molecular weight is 392 g/mol. The van der Waals surface area contributed by atoms with Gasteiger partial charge in [-0.25, -0.2) is 4.79 Å². The second-order valence-electron chi connectivity index (χ2n) is 6.86. The molecule has 1 fully saturated rings. The molecular weight excluding hydrogens is 366 g/mol. The minimum Gasteiger partial charge on any atom is -0.467 e. The summed E-state index contributed by atoms with van der Waals surface area (Å²) in [6.07, 6.45) is 2.55. The molecule has 0 heterocycles. The first-order valence-corrected chi connectivity index (χ1v) is 9.37. The van der Waals surface area contributed by atoms with Crippen molar-refractivity contribution in [3.05, 3.63) is 33.8 Å². The number of esters is 1. The highest BCUT2D eigenvalue weighted by Gasteiger charge is 2.44. The van der Waals surface area contributed by atoms with E-state index in [2.05, 4.69) is 17.2 Å². The molecule has 5 nitrogen and oxygen atoms in total. The smallest absolute Gasteiger partial charge is 0.331 e. The van der Waals surface area contributed by atoms with Crippen LogP contribution in [0.2, 0.25) is 5.02 Å². The highest BCUT2D eigenvalue weighted by molar-refractivity contribution is 6.31. The third-order valence-corrected chi connectivity index (χ3v) is 5.44. The summed E-state index contributed by atoms with van der Waals surface area (Å²) in [7, 11) is 3.00. The van der Waals surface area contributed by atoms with Gasteiger partial charge in [-0.3, -0.25) is 4.79 Å². The number of hydrogen-bond acceptors (Lipinski definition) is 4. The summed E-state index contributed by atoms with van der Waals surface area (Å²) in [5.74, 6) is 5.13. The monoisotopic (exact) mass is 391 g/mol. The van der Waals surface area contributed by atoms with E-state index in [1.165, 1.54) is 7.11 Å². The topological polar surface area (TPSA) is 64.6 Å². The Kier molecular flexibility index (Phi) is 7.29. The molecule has 1 saturated carbocycles. The number of amides is 1. The first-order chi connectivity index (χ1) is 12.8. The summed E-state index contributed by atoms with van der Waals surface area (Å²) in [6, 6.07) is 3.67. The molecule has 27 heavy (non-hydrogen) atoms. The summed E-state index contributed by atoms with van der Waals surface area (Å²) >= 11 is 6.36. The zero-order chi connectivity index (χ0) is 20.0. The van der Waals surface area contributed by atoms with Crippen molar-refractivity contribution in [2.24, 2.45) is 0 Å². The van der Waals surface area contributed by atoms with Crippen LogP contribution in [0.5, 0.6) is 0 Å². The molecule has 146 valence electrons. The average Bonchev–Trinajstić information content (AvgIpc) is 2.65. The zero-order valence-corrected chi connectivity index (χ0v) is 17.0. The fourth-order valence-electron chi connectivity index (χ4n) is 3.58. The van der Waals surface area contributed by atoms with E-state index in [1.807, 2.05) is 13.0 Å². The van der Waals surface area contributed by atoms with Crippen LogP contribution in [0.15, 0.2) is 12.1 Å². The van der Waals surface area contributed by atoms with Crippen LogP contribution >= 0.6 is 11.6 Å². The third kappa shape index (κ3) is 5.03. The van der Waals surface area contributed by atoms with Gasteiger partial charge in [0.05, 0.1) is 19.6 Å². The van der Waals surface area contributed by atoms with Crippen LogP contribution in [0.3, 0.4) is 0 Å².